The Morgan fingerprint density at radius 2 is 1.96 bits per heavy atom. The summed E-state index contributed by atoms with van der Waals surface area (Å²) >= 11 is 0. The summed E-state index contributed by atoms with van der Waals surface area (Å²) in [5.41, 5.74) is 2.81. The van der Waals surface area contributed by atoms with Gasteiger partial charge in [0.25, 0.3) is 0 Å². The van der Waals surface area contributed by atoms with Gasteiger partial charge in [-0.1, -0.05) is 30.3 Å². The lowest BCUT2D eigenvalue weighted by molar-refractivity contribution is 0.134. The Morgan fingerprint density at radius 3 is 2.64 bits per heavy atom. The normalized spacial score (nSPS) is 25.3. The molecule has 25 heavy (non-hydrogen) atoms. The van der Waals surface area contributed by atoms with E-state index in [4.69, 9.17) is 4.74 Å². The van der Waals surface area contributed by atoms with Gasteiger partial charge in [-0.2, -0.15) is 0 Å². The van der Waals surface area contributed by atoms with Crippen molar-refractivity contribution in [3.05, 3.63) is 59.7 Å². The molecule has 2 aliphatic rings. The number of aryl methyl sites for hydroxylation is 1. The van der Waals surface area contributed by atoms with Crippen molar-refractivity contribution in [2.24, 2.45) is 0 Å². The van der Waals surface area contributed by atoms with E-state index in [0.717, 1.165) is 45.1 Å². The van der Waals surface area contributed by atoms with Crippen LogP contribution in [0.1, 0.15) is 42.3 Å². The van der Waals surface area contributed by atoms with Crippen LogP contribution in [0.3, 0.4) is 0 Å². The number of likely N-dealkylation sites (tertiary alicyclic amines) is 1. The van der Waals surface area contributed by atoms with E-state index < -0.39 is 0 Å². The van der Waals surface area contributed by atoms with Gasteiger partial charge in [-0.05, 0) is 50.9 Å². The maximum Gasteiger partial charge on any atom is 0.125 e. The summed E-state index contributed by atoms with van der Waals surface area (Å²) in [4.78, 5) is 11.5. The molecule has 1 aromatic heterocycles. The van der Waals surface area contributed by atoms with E-state index in [9.17, 15) is 0 Å². The highest BCUT2D eigenvalue weighted by molar-refractivity contribution is 5.27. The highest BCUT2D eigenvalue weighted by Gasteiger charge is 2.39. The predicted molar refractivity (Wildman–Crippen MR) is 98.7 cm³/mol. The van der Waals surface area contributed by atoms with Crippen molar-refractivity contribution in [2.75, 3.05) is 32.8 Å². The van der Waals surface area contributed by atoms with Crippen molar-refractivity contribution in [3.63, 3.8) is 0 Å². The molecule has 1 aromatic carbocycles. The van der Waals surface area contributed by atoms with Gasteiger partial charge in [-0.3, -0.25) is 0 Å². The molecular formula is C21H27N3O. The Balaban J connectivity index is 1.42. The van der Waals surface area contributed by atoms with Crippen LogP contribution in [-0.2, 0) is 10.2 Å². The number of benzene rings is 1. The third-order valence-corrected chi connectivity index (χ3v) is 5.82. The van der Waals surface area contributed by atoms with Crippen LogP contribution in [0.2, 0.25) is 0 Å². The molecule has 0 aliphatic carbocycles. The Kier molecular flexibility index (Phi) is 4.82. The standard InChI is InChI=1S/C21H27N3O/c1-17-22-11-7-20(23-17)18-8-12-24(13-9-18)15-21(10-14-25-16-21)19-5-3-2-4-6-19/h2-7,11,18H,8-10,12-16H2,1H3. The molecule has 2 saturated heterocycles. The zero-order chi connectivity index (χ0) is 17.1. The van der Waals surface area contributed by atoms with E-state index in [2.05, 4.69) is 51.3 Å². The van der Waals surface area contributed by atoms with Crippen LogP contribution in [0.5, 0.6) is 0 Å². The summed E-state index contributed by atoms with van der Waals surface area (Å²) in [6.07, 6.45) is 5.39. The average Bonchev–Trinajstić information content (AvgIpc) is 3.13. The van der Waals surface area contributed by atoms with Crippen molar-refractivity contribution in [1.82, 2.24) is 14.9 Å². The third kappa shape index (κ3) is 3.60. The predicted octanol–water partition coefficient (Wildman–Crippen LogP) is 3.32. The highest BCUT2D eigenvalue weighted by atomic mass is 16.5. The van der Waals surface area contributed by atoms with Gasteiger partial charge in [0, 0.05) is 36.4 Å². The lowest BCUT2D eigenvalue weighted by atomic mass is 9.78. The summed E-state index contributed by atoms with van der Waals surface area (Å²) in [5.74, 6) is 1.46. The van der Waals surface area contributed by atoms with E-state index in [1.165, 1.54) is 24.1 Å². The fraction of sp³-hybridized carbons (Fsp3) is 0.524. The molecule has 2 aromatic rings. The monoisotopic (exact) mass is 337 g/mol. The van der Waals surface area contributed by atoms with Crippen LogP contribution in [0, 0.1) is 6.92 Å². The van der Waals surface area contributed by atoms with E-state index in [-0.39, 0.29) is 5.41 Å². The molecule has 0 radical (unpaired) electrons. The molecule has 0 bridgehead atoms. The second kappa shape index (κ2) is 7.22. The Hall–Kier alpha value is -1.78. The quantitative estimate of drug-likeness (QED) is 0.858. The molecule has 132 valence electrons. The third-order valence-electron chi connectivity index (χ3n) is 5.82. The summed E-state index contributed by atoms with van der Waals surface area (Å²) in [5, 5.41) is 0. The first-order valence-corrected chi connectivity index (χ1v) is 9.40. The Bertz CT molecular complexity index is 689. The summed E-state index contributed by atoms with van der Waals surface area (Å²) in [6.45, 7) is 7.09. The van der Waals surface area contributed by atoms with Crippen molar-refractivity contribution >= 4 is 0 Å². The molecule has 0 N–H and O–H groups in total. The van der Waals surface area contributed by atoms with Crippen LogP contribution < -0.4 is 0 Å². The Morgan fingerprint density at radius 1 is 1.16 bits per heavy atom. The number of rotatable bonds is 4. The zero-order valence-corrected chi connectivity index (χ0v) is 15.0. The number of aromatic nitrogens is 2. The molecule has 4 heteroatoms. The minimum atomic E-state index is 0.166. The van der Waals surface area contributed by atoms with Gasteiger partial charge in [-0.25, -0.2) is 9.97 Å². The van der Waals surface area contributed by atoms with Crippen LogP contribution in [0.15, 0.2) is 42.6 Å². The van der Waals surface area contributed by atoms with Crippen LogP contribution in [0.4, 0.5) is 0 Å². The van der Waals surface area contributed by atoms with Gasteiger partial charge in [-0.15, -0.1) is 0 Å². The van der Waals surface area contributed by atoms with E-state index in [1.54, 1.807) is 0 Å². The van der Waals surface area contributed by atoms with Crippen molar-refractivity contribution in [3.8, 4) is 0 Å². The lowest BCUT2D eigenvalue weighted by Crippen LogP contribution is -2.44. The molecule has 0 saturated carbocycles. The van der Waals surface area contributed by atoms with Gasteiger partial charge < -0.3 is 9.64 Å². The van der Waals surface area contributed by atoms with E-state index in [0.29, 0.717) is 5.92 Å². The molecule has 2 fully saturated rings. The van der Waals surface area contributed by atoms with Gasteiger partial charge in [0.15, 0.2) is 0 Å². The van der Waals surface area contributed by atoms with E-state index >= 15 is 0 Å². The molecule has 1 atom stereocenters. The topological polar surface area (TPSA) is 38.2 Å². The first-order valence-electron chi connectivity index (χ1n) is 9.40. The van der Waals surface area contributed by atoms with Crippen LogP contribution in [0.25, 0.3) is 0 Å². The second-order valence-corrected chi connectivity index (χ2v) is 7.53. The number of piperidine rings is 1. The molecule has 4 rings (SSSR count). The van der Waals surface area contributed by atoms with E-state index in [1.807, 2.05) is 13.1 Å². The number of hydrogen-bond donors (Lipinski definition) is 0. The molecule has 4 nitrogen and oxygen atoms in total. The highest BCUT2D eigenvalue weighted by Crippen LogP contribution is 2.36. The fourth-order valence-electron chi connectivity index (χ4n) is 4.36. The maximum absolute atomic E-state index is 5.82. The number of ether oxygens (including phenoxy) is 1. The molecule has 3 heterocycles. The van der Waals surface area contributed by atoms with Crippen molar-refractivity contribution < 1.29 is 4.74 Å². The smallest absolute Gasteiger partial charge is 0.125 e. The van der Waals surface area contributed by atoms with Crippen LogP contribution >= 0.6 is 0 Å². The first kappa shape index (κ1) is 16.7. The van der Waals surface area contributed by atoms with Crippen molar-refractivity contribution in [1.29, 1.82) is 0 Å². The first-order chi connectivity index (χ1) is 12.3. The second-order valence-electron chi connectivity index (χ2n) is 7.53. The zero-order valence-electron chi connectivity index (χ0n) is 15.0. The molecule has 0 amide bonds. The number of nitrogens with zero attached hydrogens (tertiary/aromatic N) is 3. The minimum Gasteiger partial charge on any atom is -0.380 e. The summed E-state index contributed by atoms with van der Waals surface area (Å²) in [7, 11) is 0. The van der Waals surface area contributed by atoms with Gasteiger partial charge in [0.1, 0.15) is 5.82 Å². The number of hydrogen-bond acceptors (Lipinski definition) is 4. The van der Waals surface area contributed by atoms with Gasteiger partial charge in [0.2, 0.25) is 0 Å². The minimum absolute atomic E-state index is 0.166. The maximum atomic E-state index is 5.82. The van der Waals surface area contributed by atoms with Gasteiger partial charge in [0.05, 0.1) is 6.61 Å². The molecule has 1 unspecified atom stereocenters. The summed E-state index contributed by atoms with van der Waals surface area (Å²) in [6, 6.07) is 13.0. The van der Waals surface area contributed by atoms with Gasteiger partial charge >= 0.3 is 0 Å². The molecular weight excluding hydrogens is 310 g/mol. The molecule has 2 aliphatic heterocycles. The van der Waals surface area contributed by atoms with Crippen LogP contribution in [-0.4, -0.2) is 47.7 Å². The SMILES string of the molecule is Cc1nccc(C2CCN(CC3(c4ccccc4)CCOC3)CC2)n1. The Labute approximate surface area is 150 Å². The average molecular weight is 337 g/mol. The molecule has 0 spiro atoms. The van der Waals surface area contributed by atoms with Crippen molar-refractivity contribution in [2.45, 2.75) is 37.5 Å². The largest absolute Gasteiger partial charge is 0.380 e. The lowest BCUT2D eigenvalue weighted by Gasteiger charge is -2.38. The summed E-state index contributed by atoms with van der Waals surface area (Å²) < 4.78 is 5.82. The fourth-order valence-corrected chi connectivity index (χ4v) is 4.36.